The van der Waals surface area contributed by atoms with Crippen LogP contribution >= 0.6 is 15.9 Å². The van der Waals surface area contributed by atoms with Gasteiger partial charge in [0.05, 0.1) is 23.2 Å². The molecule has 1 heterocycles. The van der Waals surface area contributed by atoms with E-state index in [2.05, 4.69) is 15.9 Å². The molecule has 0 aromatic carbocycles. The minimum Gasteiger partial charge on any atom is -0.481 e. The van der Waals surface area contributed by atoms with Gasteiger partial charge in [0.25, 0.3) is 0 Å². The maximum Gasteiger partial charge on any atom is 0.307 e. The monoisotopic (exact) mass is 275 g/mol. The molecule has 1 atom stereocenters. The van der Waals surface area contributed by atoms with E-state index in [1.807, 2.05) is 18.0 Å². The van der Waals surface area contributed by atoms with E-state index < -0.39 is 5.97 Å². The fraction of sp³-hybridized carbons (Fsp3) is 0.500. The molecule has 1 N–H and O–H groups in total. The Morgan fingerprint density at radius 3 is 2.87 bits per heavy atom. The zero-order valence-corrected chi connectivity index (χ0v) is 10.3. The van der Waals surface area contributed by atoms with Crippen molar-refractivity contribution in [1.29, 1.82) is 0 Å². The molecule has 0 fully saturated rings. The number of nitrogens with zero attached hydrogens (tertiary/aromatic N) is 1. The summed E-state index contributed by atoms with van der Waals surface area (Å²) in [5.74, 6) is -0.334. The zero-order valence-electron chi connectivity index (χ0n) is 8.74. The van der Waals surface area contributed by atoms with Crippen molar-refractivity contribution in [1.82, 2.24) is 4.90 Å². The normalized spacial score (nSPS) is 13.1. The predicted molar refractivity (Wildman–Crippen MR) is 59.5 cm³/mol. The van der Waals surface area contributed by atoms with E-state index in [0.29, 0.717) is 13.1 Å². The fourth-order valence-corrected chi connectivity index (χ4v) is 1.62. The predicted octanol–water partition coefficient (Wildman–Crippen LogP) is 2.19. The molecule has 1 aromatic rings. The third kappa shape index (κ3) is 3.68. The van der Waals surface area contributed by atoms with Crippen LogP contribution < -0.4 is 0 Å². The molecule has 1 rings (SSSR count). The lowest BCUT2D eigenvalue weighted by atomic mass is 10.2. The molecule has 15 heavy (non-hydrogen) atoms. The number of carboxylic acids is 1. The molecule has 84 valence electrons. The summed E-state index contributed by atoms with van der Waals surface area (Å²) in [6.07, 6.45) is 1.61. The molecule has 1 aromatic heterocycles. The maximum absolute atomic E-state index is 10.6. The molecule has 0 bridgehead atoms. The molecular weight excluding hydrogens is 262 g/mol. The van der Waals surface area contributed by atoms with Crippen LogP contribution in [0.2, 0.25) is 0 Å². The van der Waals surface area contributed by atoms with Crippen LogP contribution in [0.4, 0.5) is 0 Å². The standard InChI is InChI=1S/C10H14BrNO3/c1-7(10(13)14)5-12(2)6-9-8(11)3-4-15-9/h3-4,7H,5-6H2,1-2H3,(H,13,14). The highest BCUT2D eigenvalue weighted by Gasteiger charge is 2.15. The van der Waals surface area contributed by atoms with Gasteiger partial charge in [-0.2, -0.15) is 0 Å². The molecule has 0 aliphatic carbocycles. The first-order valence-electron chi connectivity index (χ1n) is 4.64. The van der Waals surface area contributed by atoms with Gasteiger partial charge >= 0.3 is 5.97 Å². The van der Waals surface area contributed by atoms with Crippen molar-refractivity contribution in [3.63, 3.8) is 0 Å². The first-order valence-corrected chi connectivity index (χ1v) is 5.43. The number of carboxylic acid groups (broad SMARTS) is 1. The minimum atomic E-state index is -0.777. The van der Waals surface area contributed by atoms with Crippen molar-refractivity contribution < 1.29 is 14.3 Å². The summed E-state index contributed by atoms with van der Waals surface area (Å²) >= 11 is 3.35. The van der Waals surface area contributed by atoms with Crippen LogP contribution in [-0.4, -0.2) is 29.6 Å². The lowest BCUT2D eigenvalue weighted by Crippen LogP contribution is -2.28. The van der Waals surface area contributed by atoms with E-state index in [4.69, 9.17) is 9.52 Å². The number of carbonyl (C=O) groups is 1. The van der Waals surface area contributed by atoms with E-state index in [0.717, 1.165) is 10.2 Å². The minimum absolute atomic E-state index is 0.372. The van der Waals surface area contributed by atoms with Gasteiger partial charge in [0, 0.05) is 6.54 Å². The number of furan rings is 1. The van der Waals surface area contributed by atoms with Gasteiger partial charge in [-0.3, -0.25) is 9.69 Å². The highest BCUT2D eigenvalue weighted by atomic mass is 79.9. The summed E-state index contributed by atoms with van der Waals surface area (Å²) in [5, 5.41) is 8.75. The Labute approximate surface area is 97.0 Å². The number of rotatable bonds is 5. The van der Waals surface area contributed by atoms with Crippen LogP contribution in [0, 0.1) is 5.92 Å². The SMILES string of the molecule is CC(CN(C)Cc1occc1Br)C(=O)O. The summed E-state index contributed by atoms with van der Waals surface area (Å²) in [7, 11) is 1.87. The Hall–Kier alpha value is -0.810. The lowest BCUT2D eigenvalue weighted by Gasteiger charge is -2.17. The highest BCUT2D eigenvalue weighted by Crippen LogP contribution is 2.19. The van der Waals surface area contributed by atoms with Gasteiger partial charge in [-0.15, -0.1) is 0 Å². The number of aliphatic carboxylic acids is 1. The van der Waals surface area contributed by atoms with Crippen LogP contribution in [0.1, 0.15) is 12.7 Å². The van der Waals surface area contributed by atoms with Gasteiger partial charge in [0.2, 0.25) is 0 Å². The molecule has 0 aliphatic heterocycles. The van der Waals surface area contributed by atoms with Gasteiger partial charge in [-0.05, 0) is 29.0 Å². The Balaban J connectivity index is 2.46. The van der Waals surface area contributed by atoms with Crippen molar-refractivity contribution >= 4 is 21.9 Å². The van der Waals surface area contributed by atoms with Gasteiger partial charge in [-0.25, -0.2) is 0 Å². The van der Waals surface area contributed by atoms with E-state index in [-0.39, 0.29) is 5.92 Å². The fourth-order valence-electron chi connectivity index (χ4n) is 1.29. The Bertz CT molecular complexity index is 337. The first-order chi connectivity index (χ1) is 7.00. The number of hydrogen-bond acceptors (Lipinski definition) is 3. The van der Waals surface area contributed by atoms with E-state index >= 15 is 0 Å². The molecule has 4 nitrogen and oxygen atoms in total. The van der Waals surface area contributed by atoms with Crippen molar-refractivity contribution in [3.8, 4) is 0 Å². The summed E-state index contributed by atoms with van der Waals surface area (Å²) in [6, 6.07) is 1.82. The number of halogens is 1. The van der Waals surface area contributed by atoms with Crippen LogP contribution in [0.3, 0.4) is 0 Å². The summed E-state index contributed by atoms with van der Waals surface area (Å²) < 4.78 is 6.16. The van der Waals surface area contributed by atoms with Crippen molar-refractivity contribution in [2.75, 3.05) is 13.6 Å². The first kappa shape index (κ1) is 12.3. The average Bonchev–Trinajstić information content (AvgIpc) is 2.51. The molecule has 5 heteroatoms. The molecule has 0 aliphatic rings. The third-order valence-corrected chi connectivity index (χ3v) is 2.82. The Kier molecular flexibility index (Phi) is 4.35. The van der Waals surface area contributed by atoms with Gasteiger partial charge in [-0.1, -0.05) is 6.92 Å². The molecule has 0 saturated heterocycles. The molecule has 1 unspecified atom stereocenters. The molecule has 0 spiro atoms. The van der Waals surface area contributed by atoms with E-state index in [1.165, 1.54) is 0 Å². The smallest absolute Gasteiger partial charge is 0.307 e. The van der Waals surface area contributed by atoms with Gasteiger partial charge in [0.15, 0.2) is 0 Å². The van der Waals surface area contributed by atoms with Crippen molar-refractivity contribution in [2.45, 2.75) is 13.5 Å². The Morgan fingerprint density at radius 1 is 1.73 bits per heavy atom. The van der Waals surface area contributed by atoms with E-state index in [1.54, 1.807) is 13.2 Å². The number of hydrogen-bond donors (Lipinski definition) is 1. The largest absolute Gasteiger partial charge is 0.481 e. The van der Waals surface area contributed by atoms with Crippen LogP contribution in [-0.2, 0) is 11.3 Å². The second kappa shape index (κ2) is 5.32. The van der Waals surface area contributed by atoms with Crippen molar-refractivity contribution in [3.05, 3.63) is 22.6 Å². The molecular formula is C10H14BrNO3. The van der Waals surface area contributed by atoms with Gasteiger partial charge < -0.3 is 9.52 Å². The summed E-state index contributed by atoms with van der Waals surface area (Å²) in [5.41, 5.74) is 0. The Morgan fingerprint density at radius 2 is 2.40 bits per heavy atom. The highest BCUT2D eigenvalue weighted by molar-refractivity contribution is 9.10. The summed E-state index contributed by atoms with van der Waals surface area (Å²) in [6.45, 7) is 2.80. The molecule has 0 saturated carbocycles. The summed E-state index contributed by atoms with van der Waals surface area (Å²) in [4.78, 5) is 12.6. The lowest BCUT2D eigenvalue weighted by molar-refractivity contribution is -0.141. The average molecular weight is 276 g/mol. The van der Waals surface area contributed by atoms with Crippen LogP contribution in [0.15, 0.2) is 21.2 Å². The topological polar surface area (TPSA) is 53.7 Å². The molecule has 0 amide bonds. The molecule has 0 radical (unpaired) electrons. The van der Waals surface area contributed by atoms with E-state index in [9.17, 15) is 4.79 Å². The van der Waals surface area contributed by atoms with Crippen LogP contribution in [0.5, 0.6) is 0 Å². The second-order valence-electron chi connectivity index (χ2n) is 3.63. The van der Waals surface area contributed by atoms with Crippen LogP contribution in [0.25, 0.3) is 0 Å². The van der Waals surface area contributed by atoms with Gasteiger partial charge in [0.1, 0.15) is 5.76 Å². The third-order valence-electron chi connectivity index (χ3n) is 2.11. The maximum atomic E-state index is 10.6. The second-order valence-corrected chi connectivity index (χ2v) is 4.48. The zero-order chi connectivity index (χ0) is 11.4. The van der Waals surface area contributed by atoms with Crippen molar-refractivity contribution in [2.24, 2.45) is 5.92 Å². The quantitative estimate of drug-likeness (QED) is 0.895.